The molecule has 0 spiro atoms. The third kappa shape index (κ3) is 4.29. The first-order chi connectivity index (χ1) is 13.7. The van der Waals surface area contributed by atoms with Crippen LogP contribution in [0.5, 0.6) is 5.75 Å². The largest absolute Gasteiger partial charge is 0.489 e. The normalized spacial score (nSPS) is 10.8. The average molecular weight is 388 g/mol. The van der Waals surface area contributed by atoms with Gasteiger partial charge in [-0.15, -0.1) is 0 Å². The van der Waals surface area contributed by atoms with Gasteiger partial charge in [-0.3, -0.25) is 0 Å². The van der Waals surface area contributed by atoms with Crippen LogP contribution in [0.2, 0.25) is 5.02 Å². The highest BCUT2D eigenvalue weighted by atomic mass is 35.5. The second-order valence-corrected chi connectivity index (χ2v) is 7.32. The zero-order valence-corrected chi connectivity index (χ0v) is 16.5. The van der Waals surface area contributed by atoms with E-state index in [0.717, 1.165) is 23.0 Å². The van der Waals surface area contributed by atoms with E-state index in [1.807, 2.05) is 30.3 Å². The number of aryl methyl sites for hydroxylation is 1. The lowest BCUT2D eigenvalue weighted by molar-refractivity contribution is 0.307. The van der Waals surface area contributed by atoms with Crippen LogP contribution >= 0.6 is 11.6 Å². The molecule has 4 rings (SSSR count). The highest BCUT2D eigenvalue weighted by Crippen LogP contribution is 2.23. The van der Waals surface area contributed by atoms with Crippen molar-refractivity contribution in [2.75, 3.05) is 5.32 Å². The van der Waals surface area contributed by atoms with Crippen molar-refractivity contribution >= 4 is 28.1 Å². The molecule has 1 N–H and O–H groups in total. The first-order valence-corrected chi connectivity index (χ1v) is 9.75. The van der Waals surface area contributed by atoms with Gasteiger partial charge in [-0.1, -0.05) is 72.3 Å². The molecule has 0 unspecified atom stereocenters. The molecule has 4 aromatic carbocycles. The molecule has 0 saturated heterocycles. The lowest BCUT2D eigenvalue weighted by Gasteiger charge is -2.12. The third-order valence-electron chi connectivity index (χ3n) is 4.88. The molecule has 3 heteroatoms. The van der Waals surface area contributed by atoms with Crippen LogP contribution in [0.4, 0.5) is 5.69 Å². The maximum atomic E-state index is 6.08. The van der Waals surface area contributed by atoms with Crippen molar-refractivity contribution in [3.63, 3.8) is 0 Å². The van der Waals surface area contributed by atoms with Crippen molar-refractivity contribution in [1.82, 2.24) is 0 Å². The summed E-state index contributed by atoms with van der Waals surface area (Å²) in [6, 6.07) is 28.8. The van der Waals surface area contributed by atoms with Gasteiger partial charge in [0, 0.05) is 17.3 Å². The monoisotopic (exact) mass is 387 g/mol. The maximum Gasteiger partial charge on any atom is 0.119 e. The smallest absolute Gasteiger partial charge is 0.119 e. The van der Waals surface area contributed by atoms with Crippen molar-refractivity contribution in [3.05, 3.63) is 107 Å². The number of hydrogen-bond acceptors (Lipinski definition) is 2. The highest BCUT2D eigenvalue weighted by molar-refractivity contribution is 6.30. The van der Waals surface area contributed by atoms with E-state index in [0.29, 0.717) is 6.61 Å². The van der Waals surface area contributed by atoms with Crippen LogP contribution in [0.1, 0.15) is 16.7 Å². The number of fused-ring (bicyclic) bond motifs is 1. The molecule has 140 valence electrons. The molecule has 0 aliphatic carbocycles. The molecular weight excluding hydrogens is 366 g/mol. The van der Waals surface area contributed by atoms with Crippen LogP contribution in [0, 0.1) is 6.92 Å². The van der Waals surface area contributed by atoms with Gasteiger partial charge >= 0.3 is 0 Å². The molecule has 0 radical (unpaired) electrons. The number of ether oxygens (including phenoxy) is 1. The van der Waals surface area contributed by atoms with Crippen LogP contribution in [-0.2, 0) is 13.2 Å². The molecule has 0 amide bonds. The summed E-state index contributed by atoms with van der Waals surface area (Å²) in [7, 11) is 0. The van der Waals surface area contributed by atoms with Gasteiger partial charge in [0.15, 0.2) is 0 Å². The van der Waals surface area contributed by atoms with Gasteiger partial charge < -0.3 is 10.1 Å². The molecule has 0 bridgehead atoms. The highest BCUT2D eigenvalue weighted by Gasteiger charge is 2.03. The minimum Gasteiger partial charge on any atom is -0.489 e. The van der Waals surface area contributed by atoms with E-state index < -0.39 is 0 Å². The van der Waals surface area contributed by atoms with E-state index in [-0.39, 0.29) is 0 Å². The zero-order chi connectivity index (χ0) is 19.3. The van der Waals surface area contributed by atoms with Gasteiger partial charge in [0.05, 0.1) is 0 Å². The van der Waals surface area contributed by atoms with Crippen molar-refractivity contribution in [3.8, 4) is 5.75 Å². The second-order valence-electron chi connectivity index (χ2n) is 6.88. The van der Waals surface area contributed by atoms with Crippen LogP contribution in [-0.4, -0.2) is 0 Å². The fraction of sp³-hybridized carbons (Fsp3) is 0.120. The molecular formula is C25H22ClNO. The standard InChI is InChI=1S/C25H22ClNO/c1-18-9-12-22(26)15-25(18)27-16-19-10-13-23(14-11-19)28-17-21-7-4-6-20-5-2-3-8-24(20)21/h2-15,27H,16-17H2,1H3. The van der Waals surface area contributed by atoms with Crippen molar-refractivity contribution < 1.29 is 4.74 Å². The third-order valence-corrected chi connectivity index (χ3v) is 5.12. The summed E-state index contributed by atoms with van der Waals surface area (Å²) in [6.07, 6.45) is 0. The van der Waals surface area contributed by atoms with E-state index in [4.69, 9.17) is 16.3 Å². The topological polar surface area (TPSA) is 21.3 Å². The predicted molar refractivity (Wildman–Crippen MR) is 118 cm³/mol. The quantitative estimate of drug-likeness (QED) is 0.384. The Balaban J connectivity index is 1.39. The fourth-order valence-corrected chi connectivity index (χ4v) is 3.44. The van der Waals surface area contributed by atoms with Gasteiger partial charge in [0.25, 0.3) is 0 Å². The molecule has 0 saturated carbocycles. The number of anilines is 1. The molecule has 0 aliphatic rings. The van der Waals surface area contributed by atoms with Crippen LogP contribution in [0.15, 0.2) is 84.9 Å². The van der Waals surface area contributed by atoms with Crippen molar-refractivity contribution in [2.45, 2.75) is 20.1 Å². The van der Waals surface area contributed by atoms with Crippen LogP contribution < -0.4 is 10.1 Å². The Morgan fingerprint density at radius 3 is 2.50 bits per heavy atom. The Labute approximate surface area is 170 Å². The van der Waals surface area contributed by atoms with E-state index in [1.54, 1.807) is 0 Å². The Bertz CT molecular complexity index is 1080. The van der Waals surface area contributed by atoms with E-state index in [1.165, 1.54) is 27.5 Å². The summed E-state index contributed by atoms with van der Waals surface area (Å²) in [6.45, 7) is 3.37. The molecule has 0 aliphatic heterocycles. The lowest BCUT2D eigenvalue weighted by atomic mass is 10.1. The summed E-state index contributed by atoms with van der Waals surface area (Å²) >= 11 is 6.08. The first kappa shape index (κ1) is 18.4. The SMILES string of the molecule is Cc1ccc(Cl)cc1NCc1ccc(OCc2cccc3ccccc23)cc1. The Morgan fingerprint density at radius 1 is 0.857 bits per heavy atom. The molecule has 0 aromatic heterocycles. The minimum absolute atomic E-state index is 0.556. The maximum absolute atomic E-state index is 6.08. The lowest BCUT2D eigenvalue weighted by Crippen LogP contribution is -2.01. The van der Waals surface area contributed by atoms with E-state index in [2.05, 4.69) is 66.8 Å². The first-order valence-electron chi connectivity index (χ1n) is 9.37. The second kappa shape index (κ2) is 8.37. The zero-order valence-electron chi connectivity index (χ0n) is 15.8. The van der Waals surface area contributed by atoms with Gasteiger partial charge in [-0.25, -0.2) is 0 Å². The van der Waals surface area contributed by atoms with E-state index in [9.17, 15) is 0 Å². The van der Waals surface area contributed by atoms with Gasteiger partial charge in [0.2, 0.25) is 0 Å². The Morgan fingerprint density at radius 2 is 1.64 bits per heavy atom. The molecule has 2 nitrogen and oxygen atoms in total. The molecule has 0 fully saturated rings. The summed E-state index contributed by atoms with van der Waals surface area (Å²) in [5, 5.41) is 6.66. The van der Waals surface area contributed by atoms with Gasteiger partial charge in [-0.05, 0) is 58.7 Å². The van der Waals surface area contributed by atoms with E-state index >= 15 is 0 Å². The van der Waals surface area contributed by atoms with Crippen LogP contribution in [0.3, 0.4) is 0 Å². The Kier molecular flexibility index (Phi) is 5.50. The van der Waals surface area contributed by atoms with Crippen molar-refractivity contribution in [1.29, 1.82) is 0 Å². The fourth-order valence-electron chi connectivity index (χ4n) is 3.26. The molecule has 4 aromatic rings. The van der Waals surface area contributed by atoms with Gasteiger partial charge in [-0.2, -0.15) is 0 Å². The average Bonchev–Trinajstić information content (AvgIpc) is 2.73. The van der Waals surface area contributed by atoms with Gasteiger partial charge in [0.1, 0.15) is 12.4 Å². The summed E-state index contributed by atoms with van der Waals surface area (Å²) < 4.78 is 6.01. The predicted octanol–water partition coefficient (Wildman–Crippen LogP) is 6.99. The summed E-state index contributed by atoms with van der Waals surface area (Å²) in [5.74, 6) is 0.871. The molecule has 28 heavy (non-hydrogen) atoms. The van der Waals surface area contributed by atoms with Crippen LogP contribution in [0.25, 0.3) is 10.8 Å². The summed E-state index contributed by atoms with van der Waals surface area (Å²) in [4.78, 5) is 0. The number of nitrogens with one attached hydrogen (secondary N) is 1. The summed E-state index contributed by atoms with van der Waals surface area (Å²) in [5.41, 5.74) is 4.63. The molecule has 0 atom stereocenters. The van der Waals surface area contributed by atoms with Crippen molar-refractivity contribution in [2.24, 2.45) is 0 Å². The minimum atomic E-state index is 0.556. The number of halogens is 1. The number of benzene rings is 4. The number of hydrogen-bond donors (Lipinski definition) is 1. The number of rotatable bonds is 6. The molecule has 0 heterocycles. The Hall–Kier alpha value is -2.97.